The van der Waals surface area contributed by atoms with E-state index in [2.05, 4.69) is 12.2 Å². The molecule has 1 N–H and O–H groups in total. The second kappa shape index (κ2) is 11.4. The van der Waals surface area contributed by atoms with Crippen LogP contribution in [0.2, 0.25) is 0 Å². The summed E-state index contributed by atoms with van der Waals surface area (Å²) in [5, 5.41) is 3.44. The number of rotatable bonds is 5. The lowest BCUT2D eigenvalue weighted by Gasteiger charge is -2.28. The Balaban J connectivity index is 2.51. The van der Waals surface area contributed by atoms with Gasteiger partial charge in [0.15, 0.2) is 0 Å². The zero-order valence-electron chi connectivity index (χ0n) is 12.9. The molecule has 1 aliphatic rings. The van der Waals surface area contributed by atoms with E-state index in [9.17, 15) is 8.78 Å². The number of nitrogens with one attached hydrogen (secondary N) is 1. The van der Waals surface area contributed by atoms with Crippen molar-refractivity contribution in [3.63, 3.8) is 0 Å². The molecular weight excluding hydrogens is 260 g/mol. The lowest BCUT2D eigenvalue weighted by Crippen LogP contribution is -2.42. The fraction of sp³-hybridized carbons (Fsp3) is 1.00. The highest BCUT2D eigenvalue weighted by atomic mass is 19.3. The van der Waals surface area contributed by atoms with Gasteiger partial charge in [-0.1, -0.05) is 58.3 Å². The molecule has 0 aliphatic heterocycles. The number of ether oxygens (including phenoxy) is 1. The molecule has 0 spiro atoms. The van der Waals surface area contributed by atoms with Gasteiger partial charge in [-0.3, -0.25) is 0 Å². The number of hydrogen-bond acceptors (Lipinski definition) is 2. The molecule has 0 saturated heterocycles. The summed E-state index contributed by atoms with van der Waals surface area (Å²) in [5.41, 5.74) is 0. The summed E-state index contributed by atoms with van der Waals surface area (Å²) in [7, 11) is 0. The Labute approximate surface area is 122 Å². The Morgan fingerprint density at radius 2 is 1.50 bits per heavy atom. The predicted molar refractivity (Wildman–Crippen MR) is 79.4 cm³/mol. The van der Waals surface area contributed by atoms with Gasteiger partial charge in [-0.15, -0.1) is 0 Å². The van der Waals surface area contributed by atoms with Crippen LogP contribution in [0.25, 0.3) is 0 Å². The average molecular weight is 291 g/mol. The van der Waals surface area contributed by atoms with E-state index in [1.165, 1.54) is 44.9 Å². The first-order valence-corrected chi connectivity index (χ1v) is 8.37. The summed E-state index contributed by atoms with van der Waals surface area (Å²) < 4.78 is 30.3. The van der Waals surface area contributed by atoms with Crippen molar-refractivity contribution >= 4 is 0 Å². The van der Waals surface area contributed by atoms with E-state index in [0.29, 0.717) is 0 Å². The molecule has 0 amide bonds. The third-order valence-electron chi connectivity index (χ3n) is 4.11. The number of halogens is 2. The summed E-state index contributed by atoms with van der Waals surface area (Å²) in [6, 6.07) is 0.234. The summed E-state index contributed by atoms with van der Waals surface area (Å²) in [5.74, 6) is 0. The second-order valence-corrected chi connectivity index (χ2v) is 5.83. The zero-order chi connectivity index (χ0) is 14.6. The first-order valence-electron chi connectivity index (χ1n) is 8.37. The van der Waals surface area contributed by atoms with Crippen LogP contribution in [-0.2, 0) is 4.74 Å². The smallest absolute Gasteiger partial charge is 0.261 e. The number of likely N-dealkylation sites (N-methyl/N-ethyl adjacent to an activating group) is 1. The van der Waals surface area contributed by atoms with Crippen molar-refractivity contribution in [2.75, 3.05) is 13.2 Å². The van der Waals surface area contributed by atoms with Crippen LogP contribution in [0.3, 0.4) is 0 Å². The van der Waals surface area contributed by atoms with Crippen LogP contribution in [0.15, 0.2) is 0 Å². The van der Waals surface area contributed by atoms with Gasteiger partial charge < -0.3 is 10.1 Å². The van der Waals surface area contributed by atoms with Crippen LogP contribution in [-0.4, -0.2) is 31.7 Å². The largest absolute Gasteiger partial charge is 0.371 e. The Hall–Kier alpha value is -0.220. The fourth-order valence-electron chi connectivity index (χ4n) is 3.05. The highest BCUT2D eigenvalue weighted by molar-refractivity contribution is 4.78. The molecule has 2 unspecified atom stereocenters. The first kappa shape index (κ1) is 17.8. The van der Waals surface area contributed by atoms with Crippen LogP contribution in [0.5, 0.6) is 0 Å². The molecule has 0 bridgehead atoms. The molecule has 1 aliphatic carbocycles. The van der Waals surface area contributed by atoms with Gasteiger partial charge in [0.25, 0.3) is 6.43 Å². The van der Waals surface area contributed by atoms with Crippen molar-refractivity contribution < 1.29 is 13.5 Å². The maximum atomic E-state index is 12.4. The van der Waals surface area contributed by atoms with Crippen molar-refractivity contribution in [3.8, 4) is 0 Å². The zero-order valence-corrected chi connectivity index (χ0v) is 12.9. The molecule has 1 fully saturated rings. The molecule has 0 aromatic rings. The van der Waals surface area contributed by atoms with Crippen LogP contribution >= 0.6 is 0 Å². The fourth-order valence-corrected chi connectivity index (χ4v) is 3.05. The molecule has 1 saturated carbocycles. The van der Waals surface area contributed by atoms with Gasteiger partial charge in [0, 0.05) is 6.04 Å². The normalized spacial score (nSPS) is 27.0. The first-order chi connectivity index (χ1) is 9.74. The SMILES string of the molecule is CCNC1CCCCCCCCCCC1OCC(F)F. The Bertz CT molecular complexity index is 227. The molecule has 0 radical (unpaired) electrons. The van der Waals surface area contributed by atoms with Crippen molar-refractivity contribution in [1.29, 1.82) is 0 Å². The average Bonchev–Trinajstić information content (AvgIpc) is 2.41. The van der Waals surface area contributed by atoms with Crippen LogP contribution in [0.4, 0.5) is 8.78 Å². The van der Waals surface area contributed by atoms with Crippen LogP contribution in [0.1, 0.15) is 71.1 Å². The van der Waals surface area contributed by atoms with E-state index in [1.54, 1.807) is 0 Å². The van der Waals surface area contributed by atoms with Crippen LogP contribution in [0, 0.1) is 0 Å². The molecule has 0 heterocycles. The van der Waals surface area contributed by atoms with Gasteiger partial charge in [-0.05, 0) is 19.4 Å². The second-order valence-electron chi connectivity index (χ2n) is 5.83. The standard InChI is InChI=1S/C16H31F2NO/c1-2-19-14-11-9-7-5-3-4-6-8-10-12-15(14)20-13-16(17)18/h14-16,19H,2-13H2,1H3. The molecule has 1 rings (SSSR count). The van der Waals surface area contributed by atoms with E-state index in [1.807, 2.05) is 0 Å². The highest BCUT2D eigenvalue weighted by Gasteiger charge is 2.22. The van der Waals surface area contributed by atoms with Gasteiger partial charge >= 0.3 is 0 Å². The van der Waals surface area contributed by atoms with E-state index in [-0.39, 0.29) is 12.1 Å². The molecule has 0 aromatic heterocycles. The number of hydrogen-bond donors (Lipinski definition) is 1. The predicted octanol–water partition coefficient (Wildman–Crippen LogP) is 4.53. The minimum atomic E-state index is -2.36. The number of alkyl halides is 2. The van der Waals surface area contributed by atoms with Crippen molar-refractivity contribution in [2.45, 2.75) is 89.7 Å². The van der Waals surface area contributed by atoms with Gasteiger partial charge in [0.1, 0.15) is 6.61 Å². The lowest BCUT2D eigenvalue weighted by atomic mass is 9.95. The summed E-state index contributed by atoms with van der Waals surface area (Å²) >= 11 is 0. The summed E-state index contributed by atoms with van der Waals surface area (Å²) in [6.07, 6.45) is 9.50. The topological polar surface area (TPSA) is 21.3 Å². The third kappa shape index (κ3) is 8.15. The molecule has 0 aromatic carbocycles. The molecule has 120 valence electrons. The molecule has 2 nitrogen and oxygen atoms in total. The summed E-state index contributed by atoms with van der Waals surface area (Å²) in [4.78, 5) is 0. The van der Waals surface area contributed by atoms with E-state index < -0.39 is 13.0 Å². The Morgan fingerprint density at radius 3 is 2.05 bits per heavy atom. The van der Waals surface area contributed by atoms with E-state index >= 15 is 0 Å². The Kier molecular flexibility index (Phi) is 10.2. The van der Waals surface area contributed by atoms with Gasteiger partial charge in [-0.25, -0.2) is 8.78 Å². The van der Waals surface area contributed by atoms with E-state index in [4.69, 9.17) is 4.74 Å². The summed E-state index contributed by atoms with van der Waals surface area (Å²) in [6.45, 7) is 2.52. The minimum Gasteiger partial charge on any atom is -0.371 e. The van der Waals surface area contributed by atoms with Crippen molar-refractivity contribution in [3.05, 3.63) is 0 Å². The van der Waals surface area contributed by atoms with Gasteiger partial charge in [0.05, 0.1) is 6.10 Å². The van der Waals surface area contributed by atoms with Gasteiger partial charge in [0.2, 0.25) is 0 Å². The maximum Gasteiger partial charge on any atom is 0.261 e. The molecule has 4 heteroatoms. The maximum absolute atomic E-state index is 12.4. The van der Waals surface area contributed by atoms with Gasteiger partial charge in [-0.2, -0.15) is 0 Å². The lowest BCUT2D eigenvalue weighted by molar-refractivity contribution is -0.0431. The highest BCUT2D eigenvalue weighted by Crippen LogP contribution is 2.20. The van der Waals surface area contributed by atoms with Crippen LogP contribution < -0.4 is 5.32 Å². The molecule has 2 atom stereocenters. The minimum absolute atomic E-state index is 0.0524. The quantitative estimate of drug-likeness (QED) is 0.803. The third-order valence-corrected chi connectivity index (χ3v) is 4.11. The van der Waals surface area contributed by atoms with Crippen molar-refractivity contribution in [1.82, 2.24) is 5.32 Å². The molecule has 20 heavy (non-hydrogen) atoms. The van der Waals surface area contributed by atoms with Crippen molar-refractivity contribution in [2.24, 2.45) is 0 Å². The monoisotopic (exact) mass is 291 g/mol. The molecular formula is C16H31F2NO. The van der Waals surface area contributed by atoms with E-state index in [0.717, 1.165) is 25.8 Å². The Morgan fingerprint density at radius 1 is 0.950 bits per heavy atom.